The summed E-state index contributed by atoms with van der Waals surface area (Å²) in [6.45, 7) is 4.18. The summed E-state index contributed by atoms with van der Waals surface area (Å²) >= 11 is 0. The normalized spacial score (nSPS) is 13.7. The van der Waals surface area contributed by atoms with E-state index in [-0.39, 0.29) is 0 Å². The van der Waals surface area contributed by atoms with E-state index in [4.69, 9.17) is 18.8 Å². The molecular weight excluding hydrogens is 761 g/mol. The summed E-state index contributed by atoms with van der Waals surface area (Å²) in [6.07, 6.45) is 0. The molecule has 8 aromatic carbocycles. The number of oxazole rings is 2. The molecule has 0 saturated heterocycles. The van der Waals surface area contributed by atoms with E-state index in [0.717, 1.165) is 66.7 Å². The second-order valence-electron chi connectivity index (χ2n) is 15.8. The van der Waals surface area contributed by atoms with Gasteiger partial charge in [0, 0.05) is 11.1 Å². The fourth-order valence-electron chi connectivity index (χ4n) is 9.41. The number of hydrogen-bond acceptors (Lipinski definition) is 4. The van der Waals surface area contributed by atoms with Gasteiger partial charge >= 0.3 is 0 Å². The van der Waals surface area contributed by atoms with E-state index in [1.807, 2.05) is 12.1 Å². The van der Waals surface area contributed by atoms with E-state index in [1.165, 1.54) is 31.9 Å². The van der Waals surface area contributed by atoms with Gasteiger partial charge in [-0.2, -0.15) is 0 Å². The van der Waals surface area contributed by atoms with Gasteiger partial charge < -0.3 is 8.83 Å². The van der Waals surface area contributed by atoms with Crippen LogP contribution in [0.2, 0.25) is 0 Å². The number of allylic oxidation sites excluding steroid dienone is 2. The van der Waals surface area contributed by atoms with Gasteiger partial charge in [0.05, 0.1) is 0 Å². The van der Waals surface area contributed by atoms with Crippen molar-refractivity contribution in [3.8, 4) is 22.9 Å². The third kappa shape index (κ3) is 6.04. The van der Waals surface area contributed by atoms with Crippen LogP contribution in [0.25, 0.3) is 66.6 Å². The van der Waals surface area contributed by atoms with Crippen molar-refractivity contribution < 1.29 is 8.83 Å². The molecule has 290 valence electrons. The Labute approximate surface area is 355 Å². The maximum atomic E-state index is 6.71. The lowest BCUT2D eigenvalue weighted by molar-refractivity contribution is 0.619. The molecule has 61 heavy (non-hydrogen) atoms. The Morgan fingerprint density at radius 3 is 1.10 bits per heavy atom. The average Bonchev–Trinajstić information content (AvgIpc) is 4.03. The Hall–Kier alpha value is -7.60. The van der Waals surface area contributed by atoms with Crippen LogP contribution in [0.15, 0.2) is 215 Å². The highest BCUT2D eigenvalue weighted by molar-refractivity contribution is 7.29. The van der Waals surface area contributed by atoms with Crippen molar-refractivity contribution >= 4 is 62.2 Å². The van der Waals surface area contributed by atoms with Gasteiger partial charge in [-0.15, -0.1) is 0 Å². The molecule has 0 radical (unpaired) electrons. The fourth-order valence-corrected chi connectivity index (χ4v) is 15.1. The highest BCUT2D eigenvalue weighted by atomic mass is 28.3. The minimum Gasteiger partial charge on any atom is -0.436 e. The molecule has 0 saturated carbocycles. The molecule has 0 atom stereocenters. The molecule has 4 nitrogen and oxygen atoms in total. The lowest BCUT2D eigenvalue weighted by atomic mass is 9.88. The van der Waals surface area contributed by atoms with Crippen LogP contribution in [0.1, 0.15) is 33.4 Å². The molecule has 0 unspecified atom stereocenters. The van der Waals surface area contributed by atoms with Crippen LogP contribution in [-0.2, 0) is 0 Å². The van der Waals surface area contributed by atoms with Gasteiger partial charge in [0.2, 0.25) is 11.8 Å². The second kappa shape index (κ2) is 14.9. The molecular formula is C56H40N2O2Si. The fraction of sp³-hybridized carbons (Fsp3) is 0.0357. The predicted octanol–water partition coefficient (Wildman–Crippen LogP) is 12.8. The van der Waals surface area contributed by atoms with Crippen LogP contribution < -0.4 is 10.4 Å². The van der Waals surface area contributed by atoms with Crippen molar-refractivity contribution in [1.82, 2.24) is 9.97 Å². The molecule has 0 spiro atoms. The summed E-state index contributed by atoms with van der Waals surface area (Å²) in [6, 6.07) is 74.0. The largest absolute Gasteiger partial charge is 0.436 e. The first-order valence-electron chi connectivity index (χ1n) is 20.7. The number of aryl methyl sites for hydroxylation is 2. The highest BCUT2D eigenvalue weighted by Crippen LogP contribution is 2.57. The van der Waals surface area contributed by atoms with Crippen molar-refractivity contribution in [2.45, 2.75) is 13.8 Å². The Bertz CT molecular complexity index is 3090. The van der Waals surface area contributed by atoms with E-state index in [9.17, 15) is 0 Å². The molecule has 10 aromatic rings. The summed E-state index contributed by atoms with van der Waals surface area (Å²) in [5.41, 5.74) is 14.2. The zero-order valence-electron chi connectivity index (χ0n) is 33.8. The summed E-state index contributed by atoms with van der Waals surface area (Å²) in [4.78, 5) is 10.4. The highest BCUT2D eigenvalue weighted by Gasteiger charge is 2.54. The molecule has 5 heteroatoms. The van der Waals surface area contributed by atoms with Gasteiger partial charge in [0.15, 0.2) is 19.2 Å². The lowest BCUT2D eigenvalue weighted by Crippen LogP contribution is -2.59. The van der Waals surface area contributed by atoms with Gasteiger partial charge in [-0.05, 0) is 116 Å². The monoisotopic (exact) mass is 800 g/mol. The number of nitrogens with zero attached hydrogens (tertiary/aromatic N) is 2. The van der Waals surface area contributed by atoms with Crippen LogP contribution in [0, 0.1) is 13.8 Å². The van der Waals surface area contributed by atoms with Gasteiger partial charge in [0.1, 0.15) is 11.0 Å². The van der Waals surface area contributed by atoms with E-state index in [0.29, 0.717) is 11.8 Å². The molecule has 0 fully saturated rings. The SMILES string of the molecule is Cc1ccc2oc(-c3ccccc3C3=C(c4ccccc4)C(c4ccccc4)=C(c4ccccc4-c4nc5cc(C)ccc5o4)[Si]3(c3ccccc3)c3ccccc3)nc2c1. The van der Waals surface area contributed by atoms with Crippen molar-refractivity contribution in [1.29, 1.82) is 0 Å². The van der Waals surface area contributed by atoms with Crippen LogP contribution in [0.4, 0.5) is 0 Å². The van der Waals surface area contributed by atoms with E-state index < -0.39 is 8.07 Å². The Kier molecular flexibility index (Phi) is 8.91. The number of aromatic nitrogens is 2. The topological polar surface area (TPSA) is 52.1 Å². The third-order valence-corrected chi connectivity index (χ3v) is 16.9. The molecule has 1 aliphatic heterocycles. The first kappa shape index (κ1) is 36.5. The lowest BCUT2D eigenvalue weighted by Gasteiger charge is -2.37. The molecule has 0 amide bonds. The summed E-state index contributed by atoms with van der Waals surface area (Å²) < 4.78 is 13.4. The smallest absolute Gasteiger partial charge is 0.227 e. The second-order valence-corrected chi connectivity index (χ2v) is 19.4. The first-order valence-corrected chi connectivity index (χ1v) is 22.7. The Morgan fingerprint density at radius 2 is 0.705 bits per heavy atom. The average molecular weight is 801 g/mol. The molecule has 0 N–H and O–H groups in total. The van der Waals surface area contributed by atoms with Crippen molar-refractivity contribution in [3.05, 3.63) is 240 Å². The maximum absolute atomic E-state index is 6.71. The third-order valence-electron chi connectivity index (χ3n) is 12.0. The van der Waals surface area contributed by atoms with Crippen LogP contribution in [0.3, 0.4) is 0 Å². The Balaban J connectivity index is 1.35. The van der Waals surface area contributed by atoms with Crippen molar-refractivity contribution in [2.75, 3.05) is 0 Å². The van der Waals surface area contributed by atoms with E-state index in [1.54, 1.807) is 0 Å². The number of fused-ring (bicyclic) bond motifs is 2. The molecule has 2 aromatic heterocycles. The minimum atomic E-state index is -3.42. The van der Waals surface area contributed by atoms with Gasteiger partial charge in [-0.25, -0.2) is 9.97 Å². The zero-order chi connectivity index (χ0) is 40.9. The predicted molar refractivity (Wildman–Crippen MR) is 253 cm³/mol. The van der Waals surface area contributed by atoms with Crippen molar-refractivity contribution in [3.63, 3.8) is 0 Å². The van der Waals surface area contributed by atoms with Crippen LogP contribution in [-0.4, -0.2) is 18.0 Å². The van der Waals surface area contributed by atoms with E-state index in [2.05, 4.69) is 208 Å². The number of hydrogen-bond donors (Lipinski definition) is 0. The summed E-state index contributed by atoms with van der Waals surface area (Å²) in [5.74, 6) is 1.19. The minimum absolute atomic E-state index is 0.594. The van der Waals surface area contributed by atoms with Crippen LogP contribution >= 0.6 is 0 Å². The van der Waals surface area contributed by atoms with Gasteiger partial charge in [0.25, 0.3) is 0 Å². The zero-order valence-corrected chi connectivity index (χ0v) is 34.8. The van der Waals surface area contributed by atoms with Gasteiger partial charge in [-0.1, -0.05) is 170 Å². The summed E-state index contributed by atoms with van der Waals surface area (Å²) in [7, 11) is -3.42. The van der Waals surface area contributed by atoms with E-state index >= 15 is 0 Å². The van der Waals surface area contributed by atoms with Crippen molar-refractivity contribution in [2.24, 2.45) is 0 Å². The maximum Gasteiger partial charge on any atom is 0.227 e. The van der Waals surface area contributed by atoms with Crippen LogP contribution in [0.5, 0.6) is 0 Å². The van der Waals surface area contributed by atoms with Gasteiger partial charge in [-0.3, -0.25) is 0 Å². The molecule has 1 aliphatic rings. The molecule has 3 heterocycles. The number of rotatable bonds is 8. The first-order chi connectivity index (χ1) is 30.1. The Morgan fingerprint density at radius 1 is 0.361 bits per heavy atom. The standard InChI is InChI=1S/C56H40N2O2Si/c1-37-31-33-49-47(35-37)57-55(59-49)45-29-17-15-27-43(45)53-51(39-19-7-3-8-20-39)52(40-21-9-4-10-22-40)54(61(53,41-23-11-5-12-24-41)42-25-13-6-14-26-42)44-28-16-18-30-46(44)56-58-48-36-38(2)32-34-50(48)60-56/h3-36H,1-2H3. The quantitative estimate of drug-likeness (QED) is 0.144. The molecule has 11 rings (SSSR count). The molecule has 0 bridgehead atoms. The number of benzene rings is 8. The molecule has 0 aliphatic carbocycles. The summed E-state index contributed by atoms with van der Waals surface area (Å²) in [5, 5.41) is 5.05.